The van der Waals surface area contributed by atoms with E-state index in [1.807, 2.05) is 30.3 Å². The van der Waals surface area contributed by atoms with E-state index in [0.29, 0.717) is 6.42 Å². The Hall–Kier alpha value is -2.74. The second-order valence-corrected chi connectivity index (χ2v) is 4.88. The molecule has 1 aromatic rings. The molecule has 1 aliphatic rings. The number of nitrogens with zero attached hydrogens (tertiary/aromatic N) is 1. The number of nitrogens with one attached hydrogen (secondary N) is 1. The molecular weight excluding hydrogens is 304 g/mol. The van der Waals surface area contributed by atoms with Crippen molar-refractivity contribution in [3.05, 3.63) is 35.9 Å². The van der Waals surface area contributed by atoms with Crippen molar-refractivity contribution in [1.29, 1.82) is 0 Å². The number of carboxylic acids is 1. The zero-order valence-electron chi connectivity index (χ0n) is 12.6. The van der Waals surface area contributed by atoms with E-state index in [1.54, 1.807) is 0 Å². The number of imide groups is 1. The van der Waals surface area contributed by atoms with Crippen molar-refractivity contribution in [2.24, 2.45) is 0 Å². The minimum Gasteiger partial charge on any atom is -0.480 e. The van der Waals surface area contributed by atoms with Gasteiger partial charge in [0.1, 0.15) is 6.04 Å². The van der Waals surface area contributed by atoms with E-state index in [1.165, 1.54) is 6.92 Å². The van der Waals surface area contributed by atoms with Gasteiger partial charge in [-0.1, -0.05) is 30.3 Å². The van der Waals surface area contributed by atoms with Gasteiger partial charge in [-0.15, -0.1) is 0 Å². The quantitative estimate of drug-likeness (QED) is 0.542. The van der Waals surface area contributed by atoms with Gasteiger partial charge >= 0.3 is 5.97 Å². The first-order chi connectivity index (χ1) is 10.8. The summed E-state index contributed by atoms with van der Waals surface area (Å²) in [5, 5.41) is 19.8. The first-order valence-electron chi connectivity index (χ1n) is 6.89. The molecule has 1 aromatic carbocycles. The van der Waals surface area contributed by atoms with E-state index in [9.17, 15) is 19.2 Å². The van der Waals surface area contributed by atoms with Gasteiger partial charge in [0.15, 0.2) is 0 Å². The van der Waals surface area contributed by atoms with Crippen molar-refractivity contribution >= 4 is 23.7 Å². The van der Waals surface area contributed by atoms with Crippen LogP contribution in [0.2, 0.25) is 0 Å². The molecule has 0 radical (unpaired) electrons. The average molecular weight is 322 g/mol. The Morgan fingerprint density at radius 1 is 1.17 bits per heavy atom. The summed E-state index contributed by atoms with van der Waals surface area (Å²) in [4.78, 5) is 42.1. The van der Waals surface area contributed by atoms with Crippen LogP contribution in [0.4, 0.5) is 0 Å². The molecule has 0 aliphatic carbocycles. The summed E-state index contributed by atoms with van der Waals surface area (Å²) in [5.74, 6) is -2.36. The molecule has 0 spiro atoms. The van der Waals surface area contributed by atoms with E-state index in [-0.39, 0.29) is 23.8 Å². The molecule has 8 heteroatoms. The van der Waals surface area contributed by atoms with Gasteiger partial charge in [0, 0.05) is 26.2 Å². The fourth-order valence-electron chi connectivity index (χ4n) is 1.86. The number of carbonyl (C=O) groups excluding carboxylic acids is 3. The van der Waals surface area contributed by atoms with Crippen LogP contribution in [0.15, 0.2) is 30.3 Å². The van der Waals surface area contributed by atoms with Gasteiger partial charge in [-0.2, -0.15) is 5.06 Å². The van der Waals surface area contributed by atoms with Crippen LogP contribution in [0.25, 0.3) is 0 Å². The maximum atomic E-state index is 10.8. The van der Waals surface area contributed by atoms with Crippen molar-refractivity contribution in [1.82, 2.24) is 10.4 Å². The Labute approximate surface area is 132 Å². The second kappa shape index (κ2) is 8.64. The van der Waals surface area contributed by atoms with E-state index in [2.05, 4.69) is 5.32 Å². The fourth-order valence-corrected chi connectivity index (χ4v) is 1.86. The average Bonchev–Trinajstić information content (AvgIpc) is 2.79. The number of carbonyl (C=O) groups is 4. The molecule has 1 aliphatic heterocycles. The Bertz CT molecular complexity index is 571. The second-order valence-electron chi connectivity index (χ2n) is 4.88. The van der Waals surface area contributed by atoms with Crippen LogP contribution in [0.5, 0.6) is 0 Å². The lowest BCUT2D eigenvalue weighted by molar-refractivity contribution is -0.171. The van der Waals surface area contributed by atoms with E-state index < -0.39 is 23.8 Å². The Morgan fingerprint density at radius 2 is 1.70 bits per heavy atom. The lowest BCUT2D eigenvalue weighted by Crippen LogP contribution is -2.41. The first-order valence-corrected chi connectivity index (χ1v) is 6.89. The van der Waals surface area contributed by atoms with Gasteiger partial charge in [-0.05, 0) is 5.56 Å². The number of hydrogen-bond acceptors (Lipinski definition) is 5. The molecule has 3 N–H and O–H groups in total. The van der Waals surface area contributed by atoms with Gasteiger partial charge < -0.3 is 10.4 Å². The van der Waals surface area contributed by atoms with Gasteiger partial charge in [0.2, 0.25) is 5.91 Å². The van der Waals surface area contributed by atoms with Crippen molar-refractivity contribution < 1.29 is 29.5 Å². The summed E-state index contributed by atoms with van der Waals surface area (Å²) in [7, 11) is 0. The normalized spacial score (nSPS) is 14.8. The van der Waals surface area contributed by atoms with E-state index in [0.717, 1.165) is 5.56 Å². The fraction of sp³-hybridized carbons (Fsp3) is 0.333. The summed E-state index contributed by atoms with van der Waals surface area (Å²) < 4.78 is 0. The number of carboxylic acid groups (broad SMARTS) is 1. The number of rotatable bonds is 4. The Kier molecular flexibility index (Phi) is 6.88. The highest BCUT2D eigenvalue weighted by Gasteiger charge is 2.26. The van der Waals surface area contributed by atoms with Crippen LogP contribution in [-0.2, 0) is 25.6 Å². The van der Waals surface area contributed by atoms with Crippen LogP contribution in [0, 0.1) is 0 Å². The van der Waals surface area contributed by atoms with Gasteiger partial charge in [-0.3, -0.25) is 19.6 Å². The zero-order chi connectivity index (χ0) is 17.4. The lowest BCUT2D eigenvalue weighted by Gasteiger charge is -2.12. The van der Waals surface area contributed by atoms with Crippen LogP contribution in [0.1, 0.15) is 25.3 Å². The van der Waals surface area contributed by atoms with E-state index >= 15 is 0 Å². The molecular formula is C15H18N2O6. The highest BCUT2D eigenvalue weighted by Crippen LogP contribution is 2.07. The third-order valence-electron chi connectivity index (χ3n) is 2.98. The molecule has 0 bridgehead atoms. The molecule has 0 saturated carbocycles. The Balaban J connectivity index is 0.000000277. The maximum absolute atomic E-state index is 10.8. The molecule has 1 atom stereocenters. The van der Waals surface area contributed by atoms with Crippen LogP contribution in [0.3, 0.4) is 0 Å². The predicted octanol–water partition coefficient (Wildman–Crippen LogP) is 0.343. The highest BCUT2D eigenvalue weighted by atomic mass is 16.5. The summed E-state index contributed by atoms with van der Waals surface area (Å²) in [6.07, 6.45) is 0.598. The maximum Gasteiger partial charge on any atom is 0.326 e. The SMILES string of the molecule is CC(=O)N[C@@H](Cc1ccccc1)C(=O)O.O=C1CCC(=O)N1O. The van der Waals surface area contributed by atoms with Gasteiger partial charge in [0.05, 0.1) is 0 Å². The third kappa shape index (κ3) is 6.27. The van der Waals surface area contributed by atoms with Crippen LogP contribution < -0.4 is 5.32 Å². The Morgan fingerprint density at radius 3 is 2.04 bits per heavy atom. The molecule has 1 heterocycles. The molecule has 3 amide bonds. The molecule has 1 fully saturated rings. The standard InChI is InChI=1S/C11H13NO3.C4H5NO3/c1-8(13)12-10(11(14)15)7-9-5-3-2-4-6-9;6-3-1-2-4(7)5(3)8/h2-6,10H,7H2,1H3,(H,12,13)(H,14,15);8H,1-2H2/t10-;/m0./s1. The molecule has 23 heavy (non-hydrogen) atoms. The number of benzene rings is 1. The minimum absolute atomic E-state index is 0.148. The van der Waals surface area contributed by atoms with Crippen molar-refractivity contribution in [2.45, 2.75) is 32.2 Å². The van der Waals surface area contributed by atoms with Gasteiger partial charge in [-0.25, -0.2) is 4.79 Å². The largest absolute Gasteiger partial charge is 0.480 e. The monoisotopic (exact) mass is 322 g/mol. The summed E-state index contributed by atoms with van der Waals surface area (Å²) in [5.41, 5.74) is 0.888. The topological polar surface area (TPSA) is 124 Å². The number of hydrogen-bond donors (Lipinski definition) is 3. The zero-order valence-corrected chi connectivity index (χ0v) is 12.6. The predicted molar refractivity (Wildman–Crippen MR) is 78.3 cm³/mol. The summed E-state index contributed by atoms with van der Waals surface area (Å²) >= 11 is 0. The molecule has 1 saturated heterocycles. The molecule has 0 unspecified atom stereocenters. The first kappa shape index (κ1) is 18.3. The number of aliphatic carboxylic acids is 1. The number of hydroxylamine groups is 2. The number of amides is 3. The van der Waals surface area contributed by atoms with E-state index in [4.69, 9.17) is 10.3 Å². The summed E-state index contributed by atoms with van der Waals surface area (Å²) in [6.45, 7) is 1.31. The van der Waals surface area contributed by atoms with Crippen molar-refractivity contribution in [3.63, 3.8) is 0 Å². The van der Waals surface area contributed by atoms with Crippen LogP contribution in [-0.4, -0.2) is 45.1 Å². The molecule has 2 rings (SSSR count). The van der Waals surface area contributed by atoms with Crippen molar-refractivity contribution in [3.8, 4) is 0 Å². The van der Waals surface area contributed by atoms with Gasteiger partial charge in [0.25, 0.3) is 11.8 Å². The van der Waals surface area contributed by atoms with Crippen LogP contribution >= 0.6 is 0 Å². The summed E-state index contributed by atoms with van der Waals surface area (Å²) in [6, 6.07) is 8.34. The minimum atomic E-state index is -1.02. The highest BCUT2D eigenvalue weighted by molar-refractivity contribution is 6.00. The van der Waals surface area contributed by atoms with Crippen molar-refractivity contribution in [2.75, 3.05) is 0 Å². The lowest BCUT2D eigenvalue weighted by atomic mass is 10.1. The molecule has 124 valence electrons. The third-order valence-corrected chi connectivity index (χ3v) is 2.98. The smallest absolute Gasteiger partial charge is 0.326 e. The molecule has 0 aromatic heterocycles. The molecule has 8 nitrogen and oxygen atoms in total.